The standard InChI is InChI=1S/C18H13Cl2N5S2/c19-13-6-8-14(9-7-13)25-16(10-12-4-2-1-3-5-12)22-23-18(25)26-11-15-17(20)27-24-21-15/h1-9H,10-11H2. The molecule has 5 nitrogen and oxygen atoms in total. The number of hydrogen-bond acceptors (Lipinski definition) is 6. The summed E-state index contributed by atoms with van der Waals surface area (Å²) < 4.78 is 6.52. The van der Waals surface area contributed by atoms with E-state index in [1.807, 2.05) is 47.0 Å². The molecule has 0 aliphatic rings. The summed E-state index contributed by atoms with van der Waals surface area (Å²) in [7, 11) is 0. The van der Waals surface area contributed by atoms with Crippen molar-refractivity contribution >= 4 is 46.5 Å². The summed E-state index contributed by atoms with van der Waals surface area (Å²) in [4.78, 5) is 0. The van der Waals surface area contributed by atoms with E-state index in [0.717, 1.165) is 22.4 Å². The van der Waals surface area contributed by atoms with Crippen molar-refractivity contribution in [2.45, 2.75) is 17.3 Å². The summed E-state index contributed by atoms with van der Waals surface area (Å²) in [6.07, 6.45) is 0.677. The molecule has 4 aromatic rings. The molecule has 2 aromatic heterocycles. The first kappa shape index (κ1) is 18.4. The summed E-state index contributed by atoms with van der Waals surface area (Å²) >= 11 is 14.9. The van der Waals surface area contributed by atoms with Gasteiger partial charge in [-0.15, -0.1) is 15.3 Å². The largest absolute Gasteiger partial charge is 0.274 e. The first-order chi connectivity index (χ1) is 13.2. The Morgan fingerprint density at radius 1 is 0.926 bits per heavy atom. The van der Waals surface area contributed by atoms with Crippen molar-refractivity contribution in [1.29, 1.82) is 0 Å². The lowest BCUT2D eigenvalue weighted by atomic mass is 10.1. The number of thioether (sulfide) groups is 1. The number of nitrogens with zero attached hydrogens (tertiary/aromatic N) is 5. The fraction of sp³-hybridized carbons (Fsp3) is 0.111. The number of benzene rings is 2. The lowest BCUT2D eigenvalue weighted by Gasteiger charge is -2.10. The van der Waals surface area contributed by atoms with Crippen LogP contribution in [0.2, 0.25) is 9.36 Å². The Balaban J connectivity index is 1.67. The van der Waals surface area contributed by atoms with Crippen molar-refractivity contribution in [3.05, 3.63) is 81.0 Å². The van der Waals surface area contributed by atoms with Gasteiger partial charge in [-0.1, -0.05) is 69.8 Å². The zero-order chi connectivity index (χ0) is 18.6. The minimum absolute atomic E-state index is 0.576. The third-order valence-electron chi connectivity index (χ3n) is 3.84. The van der Waals surface area contributed by atoms with E-state index >= 15 is 0 Å². The van der Waals surface area contributed by atoms with E-state index in [1.54, 1.807) is 0 Å². The number of hydrogen-bond donors (Lipinski definition) is 0. The molecular weight excluding hydrogens is 421 g/mol. The highest BCUT2D eigenvalue weighted by Crippen LogP contribution is 2.29. The number of aromatic nitrogens is 5. The van der Waals surface area contributed by atoms with E-state index in [0.29, 0.717) is 21.5 Å². The van der Waals surface area contributed by atoms with Gasteiger partial charge in [0.25, 0.3) is 0 Å². The maximum absolute atomic E-state index is 6.12. The van der Waals surface area contributed by atoms with Crippen LogP contribution in [0.25, 0.3) is 5.69 Å². The third-order valence-corrected chi connectivity index (χ3v) is 6.01. The lowest BCUT2D eigenvalue weighted by molar-refractivity contribution is 0.847. The number of halogens is 2. The second kappa shape index (κ2) is 8.39. The van der Waals surface area contributed by atoms with Gasteiger partial charge in [0.2, 0.25) is 0 Å². The smallest absolute Gasteiger partial charge is 0.196 e. The molecule has 0 aliphatic carbocycles. The maximum Gasteiger partial charge on any atom is 0.196 e. The van der Waals surface area contributed by atoms with Gasteiger partial charge in [-0.2, -0.15) is 0 Å². The second-order valence-electron chi connectivity index (χ2n) is 5.66. The van der Waals surface area contributed by atoms with Crippen LogP contribution in [0, 0.1) is 0 Å². The lowest BCUT2D eigenvalue weighted by Crippen LogP contribution is -2.04. The molecule has 0 spiro atoms. The fourth-order valence-electron chi connectivity index (χ4n) is 2.55. The zero-order valence-electron chi connectivity index (χ0n) is 13.9. The van der Waals surface area contributed by atoms with E-state index < -0.39 is 0 Å². The molecule has 27 heavy (non-hydrogen) atoms. The third kappa shape index (κ3) is 4.32. The van der Waals surface area contributed by atoms with Crippen LogP contribution in [0.15, 0.2) is 59.8 Å². The van der Waals surface area contributed by atoms with E-state index in [-0.39, 0.29) is 0 Å². The van der Waals surface area contributed by atoms with Gasteiger partial charge in [0.15, 0.2) is 5.16 Å². The minimum atomic E-state index is 0.576. The minimum Gasteiger partial charge on any atom is -0.274 e. The molecule has 0 N–H and O–H groups in total. The van der Waals surface area contributed by atoms with E-state index in [1.165, 1.54) is 28.9 Å². The summed E-state index contributed by atoms with van der Waals surface area (Å²) in [5.41, 5.74) is 2.88. The highest BCUT2D eigenvalue weighted by molar-refractivity contribution is 7.98. The molecule has 0 radical (unpaired) electrons. The van der Waals surface area contributed by atoms with Crippen LogP contribution in [0.1, 0.15) is 17.1 Å². The Bertz CT molecular complexity index is 1030. The van der Waals surface area contributed by atoms with E-state index in [4.69, 9.17) is 23.2 Å². The molecular formula is C18H13Cl2N5S2. The SMILES string of the molecule is Clc1ccc(-n2c(Cc3ccccc3)nnc2SCc2nnsc2Cl)cc1. The van der Waals surface area contributed by atoms with Crippen molar-refractivity contribution < 1.29 is 0 Å². The summed E-state index contributed by atoms with van der Waals surface area (Å²) in [5.74, 6) is 1.43. The molecule has 2 heterocycles. The predicted molar refractivity (Wildman–Crippen MR) is 110 cm³/mol. The average molecular weight is 434 g/mol. The molecule has 2 aromatic carbocycles. The number of rotatable bonds is 6. The molecule has 0 unspecified atom stereocenters. The topological polar surface area (TPSA) is 56.5 Å². The Kier molecular flexibility index (Phi) is 5.73. The maximum atomic E-state index is 6.12. The van der Waals surface area contributed by atoms with Crippen LogP contribution in [0.3, 0.4) is 0 Å². The monoisotopic (exact) mass is 433 g/mol. The van der Waals surface area contributed by atoms with Crippen molar-refractivity contribution in [2.24, 2.45) is 0 Å². The first-order valence-electron chi connectivity index (χ1n) is 8.04. The van der Waals surface area contributed by atoms with Crippen molar-refractivity contribution in [3.8, 4) is 5.69 Å². The Morgan fingerprint density at radius 3 is 2.41 bits per heavy atom. The Labute approximate surface area is 174 Å². The predicted octanol–water partition coefficient (Wildman–Crippen LogP) is 5.31. The van der Waals surface area contributed by atoms with Gasteiger partial charge in [0.1, 0.15) is 15.9 Å². The molecule has 0 amide bonds. The average Bonchev–Trinajstić information content (AvgIpc) is 3.27. The van der Waals surface area contributed by atoms with Gasteiger partial charge in [-0.05, 0) is 29.8 Å². The van der Waals surface area contributed by atoms with Crippen LogP contribution in [0.4, 0.5) is 0 Å². The van der Waals surface area contributed by atoms with E-state index in [9.17, 15) is 0 Å². The fourth-order valence-corrected chi connectivity index (χ4v) is 4.38. The Hall–Kier alpha value is -1.93. The van der Waals surface area contributed by atoms with Crippen LogP contribution >= 0.6 is 46.5 Å². The molecule has 0 saturated heterocycles. The molecule has 0 fully saturated rings. The molecule has 0 aliphatic heterocycles. The van der Waals surface area contributed by atoms with E-state index in [2.05, 4.69) is 31.9 Å². The van der Waals surface area contributed by atoms with Gasteiger partial charge >= 0.3 is 0 Å². The zero-order valence-corrected chi connectivity index (χ0v) is 17.1. The van der Waals surface area contributed by atoms with Gasteiger partial charge in [-0.3, -0.25) is 4.57 Å². The molecule has 4 rings (SSSR count). The Morgan fingerprint density at radius 2 is 1.70 bits per heavy atom. The molecule has 0 bridgehead atoms. The normalized spacial score (nSPS) is 11.0. The van der Waals surface area contributed by atoms with Crippen LogP contribution in [0.5, 0.6) is 0 Å². The quantitative estimate of drug-likeness (QED) is 0.385. The second-order valence-corrected chi connectivity index (χ2v) is 8.39. The highest BCUT2D eigenvalue weighted by Gasteiger charge is 2.16. The van der Waals surface area contributed by atoms with Gasteiger partial charge in [0, 0.05) is 34.4 Å². The van der Waals surface area contributed by atoms with Crippen molar-refractivity contribution in [1.82, 2.24) is 24.4 Å². The molecule has 9 heteroatoms. The summed E-state index contributed by atoms with van der Waals surface area (Å²) in [5, 5.41) is 14.3. The van der Waals surface area contributed by atoms with Gasteiger partial charge in [-0.25, -0.2) is 0 Å². The van der Waals surface area contributed by atoms with Crippen molar-refractivity contribution in [2.75, 3.05) is 0 Å². The van der Waals surface area contributed by atoms with Gasteiger partial charge < -0.3 is 0 Å². The van der Waals surface area contributed by atoms with Crippen LogP contribution in [-0.2, 0) is 12.2 Å². The van der Waals surface area contributed by atoms with Gasteiger partial charge in [0.05, 0.1) is 0 Å². The molecule has 136 valence electrons. The first-order valence-corrected chi connectivity index (χ1v) is 10.6. The van der Waals surface area contributed by atoms with Crippen LogP contribution < -0.4 is 0 Å². The molecule has 0 saturated carbocycles. The summed E-state index contributed by atoms with van der Waals surface area (Å²) in [6, 6.07) is 17.8. The highest BCUT2D eigenvalue weighted by atomic mass is 35.5. The van der Waals surface area contributed by atoms with Crippen molar-refractivity contribution in [3.63, 3.8) is 0 Å². The summed E-state index contributed by atoms with van der Waals surface area (Å²) in [6.45, 7) is 0. The molecule has 0 atom stereocenters. The van der Waals surface area contributed by atoms with Crippen LogP contribution in [-0.4, -0.2) is 24.4 Å².